The summed E-state index contributed by atoms with van der Waals surface area (Å²) in [5, 5.41) is 0.356. The van der Waals surface area contributed by atoms with E-state index in [1.807, 2.05) is 4.90 Å². The van der Waals surface area contributed by atoms with Crippen molar-refractivity contribution in [2.24, 2.45) is 5.92 Å². The van der Waals surface area contributed by atoms with Crippen molar-refractivity contribution < 1.29 is 4.79 Å². The third-order valence-electron chi connectivity index (χ3n) is 4.53. The molecule has 0 radical (unpaired) electrons. The zero-order valence-corrected chi connectivity index (χ0v) is 13.4. The summed E-state index contributed by atoms with van der Waals surface area (Å²) in [5.41, 5.74) is 5.65. The van der Waals surface area contributed by atoms with Crippen LogP contribution < -0.4 is 10.6 Å². The molecule has 22 heavy (non-hydrogen) atoms. The van der Waals surface area contributed by atoms with Crippen LogP contribution in [0.3, 0.4) is 0 Å². The molecule has 2 saturated heterocycles. The van der Waals surface area contributed by atoms with Crippen LogP contribution >= 0.6 is 11.6 Å². The Morgan fingerprint density at radius 3 is 2.45 bits per heavy atom. The van der Waals surface area contributed by atoms with E-state index in [0.717, 1.165) is 57.7 Å². The van der Waals surface area contributed by atoms with Crippen LogP contribution in [-0.2, 0) is 4.79 Å². The summed E-state index contributed by atoms with van der Waals surface area (Å²) in [6, 6.07) is 1.73. The number of halogens is 1. The minimum Gasteiger partial charge on any atom is -0.368 e. The number of aromatic nitrogens is 2. The second-order valence-corrected chi connectivity index (χ2v) is 6.44. The number of carbonyl (C=O) groups is 1. The number of likely N-dealkylation sites (tertiary alicyclic amines) is 1. The van der Waals surface area contributed by atoms with Crippen LogP contribution in [0.15, 0.2) is 6.07 Å². The van der Waals surface area contributed by atoms with Crippen molar-refractivity contribution in [3.05, 3.63) is 11.2 Å². The van der Waals surface area contributed by atoms with E-state index in [1.165, 1.54) is 6.42 Å². The first-order valence-electron chi connectivity index (χ1n) is 7.97. The summed E-state index contributed by atoms with van der Waals surface area (Å²) in [6.07, 6.45) is 5.25. The Hall–Kier alpha value is -1.56. The van der Waals surface area contributed by atoms with E-state index in [2.05, 4.69) is 14.9 Å². The fourth-order valence-electron chi connectivity index (χ4n) is 3.31. The van der Waals surface area contributed by atoms with E-state index in [1.54, 1.807) is 6.07 Å². The highest BCUT2D eigenvalue weighted by molar-refractivity contribution is 6.29. The lowest BCUT2D eigenvalue weighted by atomic mass is 9.94. The SMILES string of the molecule is Nc1nc(Cl)cc(N2CCC(C(=O)N3CCCCC3)CC2)n1. The Morgan fingerprint density at radius 1 is 1.14 bits per heavy atom. The second kappa shape index (κ2) is 6.69. The number of hydrogen-bond acceptors (Lipinski definition) is 5. The molecule has 2 fully saturated rings. The predicted octanol–water partition coefficient (Wildman–Crippen LogP) is 1.94. The Kier molecular flexibility index (Phi) is 4.66. The first-order chi connectivity index (χ1) is 10.6. The molecule has 1 aromatic heterocycles. The molecule has 6 nitrogen and oxygen atoms in total. The topological polar surface area (TPSA) is 75.3 Å². The largest absolute Gasteiger partial charge is 0.368 e. The van der Waals surface area contributed by atoms with Gasteiger partial charge in [0, 0.05) is 38.2 Å². The first kappa shape index (κ1) is 15.3. The fraction of sp³-hybridized carbons (Fsp3) is 0.667. The van der Waals surface area contributed by atoms with Crippen LogP contribution in [0.5, 0.6) is 0 Å². The number of rotatable bonds is 2. The molecule has 0 aromatic carbocycles. The van der Waals surface area contributed by atoms with E-state index in [9.17, 15) is 4.79 Å². The molecule has 0 aliphatic carbocycles. The van der Waals surface area contributed by atoms with E-state index in [4.69, 9.17) is 17.3 Å². The summed E-state index contributed by atoms with van der Waals surface area (Å²) in [5.74, 6) is 1.42. The van der Waals surface area contributed by atoms with E-state index >= 15 is 0 Å². The Labute approximate surface area is 135 Å². The van der Waals surface area contributed by atoms with Crippen LogP contribution in [0.25, 0.3) is 0 Å². The van der Waals surface area contributed by atoms with Gasteiger partial charge in [0.1, 0.15) is 11.0 Å². The number of anilines is 2. The molecule has 120 valence electrons. The maximum Gasteiger partial charge on any atom is 0.225 e. The molecule has 2 N–H and O–H groups in total. The highest BCUT2D eigenvalue weighted by Crippen LogP contribution is 2.26. The zero-order valence-electron chi connectivity index (χ0n) is 12.7. The quantitative estimate of drug-likeness (QED) is 0.842. The number of nitrogens with two attached hydrogens (primary N) is 1. The van der Waals surface area contributed by atoms with E-state index < -0.39 is 0 Å². The summed E-state index contributed by atoms with van der Waals surface area (Å²) in [7, 11) is 0. The smallest absolute Gasteiger partial charge is 0.225 e. The lowest BCUT2D eigenvalue weighted by Gasteiger charge is -2.36. The average molecular weight is 324 g/mol. The average Bonchev–Trinajstić information content (AvgIpc) is 2.54. The molecule has 3 heterocycles. The highest BCUT2D eigenvalue weighted by atomic mass is 35.5. The number of nitrogen functional groups attached to an aromatic ring is 1. The lowest BCUT2D eigenvalue weighted by molar-refractivity contribution is -0.137. The lowest BCUT2D eigenvalue weighted by Crippen LogP contribution is -2.44. The third-order valence-corrected chi connectivity index (χ3v) is 4.73. The van der Waals surface area contributed by atoms with E-state index in [-0.39, 0.29) is 11.9 Å². The van der Waals surface area contributed by atoms with Gasteiger partial charge in [-0.05, 0) is 32.1 Å². The first-order valence-corrected chi connectivity index (χ1v) is 8.35. The van der Waals surface area contributed by atoms with Crippen molar-refractivity contribution in [3.8, 4) is 0 Å². The molecule has 7 heteroatoms. The van der Waals surface area contributed by atoms with Crippen LogP contribution in [-0.4, -0.2) is 47.0 Å². The summed E-state index contributed by atoms with van der Waals surface area (Å²) in [4.78, 5) is 24.8. The zero-order chi connectivity index (χ0) is 15.5. The Bertz CT molecular complexity index is 518. The van der Waals surface area contributed by atoms with Gasteiger partial charge in [0.2, 0.25) is 11.9 Å². The van der Waals surface area contributed by atoms with Crippen molar-refractivity contribution in [3.63, 3.8) is 0 Å². The third kappa shape index (κ3) is 3.43. The molecule has 0 spiro atoms. The molecule has 0 unspecified atom stereocenters. The number of carbonyl (C=O) groups excluding carboxylic acids is 1. The summed E-state index contributed by atoms with van der Waals surface area (Å²) in [6.45, 7) is 3.46. The van der Waals surface area contributed by atoms with Gasteiger partial charge in [0.15, 0.2) is 0 Å². The van der Waals surface area contributed by atoms with Crippen molar-refractivity contribution in [1.82, 2.24) is 14.9 Å². The minimum absolute atomic E-state index is 0.143. The molecule has 1 amide bonds. The number of piperidine rings is 2. The van der Waals surface area contributed by atoms with Gasteiger partial charge in [-0.15, -0.1) is 0 Å². The number of amides is 1. The molecule has 2 aliphatic heterocycles. The molecule has 0 atom stereocenters. The molecular weight excluding hydrogens is 302 g/mol. The van der Waals surface area contributed by atoms with Crippen LogP contribution in [0, 0.1) is 5.92 Å². The van der Waals surface area contributed by atoms with Gasteiger partial charge >= 0.3 is 0 Å². The van der Waals surface area contributed by atoms with Gasteiger partial charge in [-0.3, -0.25) is 4.79 Å². The Balaban J connectivity index is 1.58. The van der Waals surface area contributed by atoms with Gasteiger partial charge < -0.3 is 15.5 Å². The highest BCUT2D eigenvalue weighted by Gasteiger charge is 2.29. The van der Waals surface area contributed by atoms with Crippen molar-refractivity contribution >= 4 is 29.3 Å². The molecule has 1 aromatic rings. The minimum atomic E-state index is 0.143. The fourth-order valence-corrected chi connectivity index (χ4v) is 3.50. The predicted molar refractivity (Wildman–Crippen MR) is 86.8 cm³/mol. The molecule has 0 bridgehead atoms. The van der Waals surface area contributed by atoms with Gasteiger partial charge in [0.25, 0.3) is 0 Å². The van der Waals surface area contributed by atoms with Crippen LogP contribution in [0.4, 0.5) is 11.8 Å². The van der Waals surface area contributed by atoms with Crippen molar-refractivity contribution in [2.75, 3.05) is 36.8 Å². The van der Waals surface area contributed by atoms with Gasteiger partial charge in [-0.25, -0.2) is 4.98 Å². The van der Waals surface area contributed by atoms with E-state index in [0.29, 0.717) is 11.1 Å². The summed E-state index contributed by atoms with van der Waals surface area (Å²) >= 11 is 5.93. The van der Waals surface area contributed by atoms with Crippen molar-refractivity contribution in [2.45, 2.75) is 32.1 Å². The Morgan fingerprint density at radius 2 is 1.82 bits per heavy atom. The molecule has 0 saturated carbocycles. The van der Waals surface area contributed by atoms with Gasteiger partial charge in [-0.2, -0.15) is 4.98 Å². The van der Waals surface area contributed by atoms with Crippen LogP contribution in [0.1, 0.15) is 32.1 Å². The summed E-state index contributed by atoms with van der Waals surface area (Å²) < 4.78 is 0. The maximum atomic E-state index is 12.5. The molecule has 2 aliphatic rings. The normalized spacial score (nSPS) is 20.2. The maximum absolute atomic E-state index is 12.5. The molecule has 3 rings (SSSR count). The monoisotopic (exact) mass is 323 g/mol. The number of hydrogen-bond donors (Lipinski definition) is 1. The van der Waals surface area contributed by atoms with Gasteiger partial charge in [-0.1, -0.05) is 11.6 Å². The standard InChI is InChI=1S/C15H22ClN5O/c16-12-10-13(19-15(17)18-12)20-8-4-11(5-9-20)14(22)21-6-2-1-3-7-21/h10-11H,1-9H2,(H2,17,18,19). The van der Waals surface area contributed by atoms with Crippen molar-refractivity contribution in [1.29, 1.82) is 0 Å². The second-order valence-electron chi connectivity index (χ2n) is 6.05. The number of nitrogens with zero attached hydrogens (tertiary/aromatic N) is 4. The van der Waals surface area contributed by atoms with Gasteiger partial charge in [0.05, 0.1) is 0 Å². The molecular formula is C15H22ClN5O. The van der Waals surface area contributed by atoms with Crippen LogP contribution in [0.2, 0.25) is 5.15 Å².